The Morgan fingerprint density at radius 2 is 2.29 bits per heavy atom. The zero-order valence-electron chi connectivity index (χ0n) is 12.4. The third-order valence-corrected chi connectivity index (χ3v) is 3.97. The van der Waals surface area contributed by atoms with Gasteiger partial charge < -0.3 is 15.0 Å². The Morgan fingerprint density at radius 3 is 3.05 bits per heavy atom. The van der Waals surface area contributed by atoms with Crippen LogP contribution in [0.3, 0.4) is 0 Å². The highest BCUT2D eigenvalue weighted by Crippen LogP contribution is 2.13. The number of hydrogen-bond acceptors (Lipinski definition) is 5. The molecule has 2 atom stereocenters. The van der Waals surface area contributed by atoms with Crippen LogP contribution < -0.4 is 5.32 Å². The van der Waals surface area contributed by atoms with Crippen LogP contribution >= 0.6 is 0 Å². The molecule has 7 heteroatoms. The molecule has 21 heavy (non-hydrogen) atoms. The van der Waals surface area contributed by atoms with Crippen LogP contribution in [-0.2, 0) is 4.74 Å². The Morgan fingerprint density at radius 1 is 1.48 bits per heavy atom. The summed E-state index contributed by atoms with van der Waals surface area (Å²) in [6.45, 7) is 3.46. The first-order chi connectivity index (χ1) is 10.1. The fourth-order valence-corrected chi connectivity index (χ4v) is 2.80. The number of likely N-dealkylation sites (tertiary alicyclic amines) is 1. The molecule has 1 saturated heterocycles. The van der Waals surface area contributed by atoms with Gasteiger partial charge in [-0.3, -0.25) is 4.79 Å². The van der Waals surface area contributed by atoms with E-state index in [9.17, 15) is 4.79 Å². The number of likely N-dealkylation sites (N-methyl/N-ethyl adjacent to an activating group) is 1. The second-order valence-corrected chi connectivity index (χ2v) is 5.43. The highest BCUT2D eigenvalue weighted by molar-refractivity contribution is 5.95. The van der Waals surface area contributed by atoms with Crippen LogP contribution in [0, 0.1) is 6.92 Å². The molecule has 0 unspecified atom stereocenters. The summed E-state index contributed by atoms with van der Waals surface area (Å²) in [6, 6.07) is 1.79. The zero-order valence-corrected chi connectivity index (χ0v) is 12.4. The Bertz CT molecular complexity index is 668. The Balaban J connectivity index is 1.82. The van der Waals surface area contributed by atoms with Crippen molar-refractivity contribution < 1.29 is 9.53 Å². The molecule has 1 fully saturated rings. The van der Waals surface area contributed by atoms with E-state index in [1.807, 2.05) is 20.0 Å². The summed E-state index contributed by atoms with van der Waals surface area (Å²) in [4.78, 5) is 18.9. The van der Waals surface area contributed by atoms with Crippen LogP contribution in [-0.4, -0.2) is 64.8 Å². The van der Waals surface area contributed by atoms with Crippen LogP contribution in [0.15, 0.2) is 18.5 Å². The van der Waals surface area contributed by atoms with Gasteiger partial charge in [-0.25, -0.2) is 9.50 Å². The monoisotopic (exact) mass is 289 g/mol. The van der Waals surface area contributed by atoms with Crippen LogP contribution in [0.4, 0.5) is 0 Å². The molecule has 2 aromatic rings. The smallest absolute Gasteiger partial charge is 0.255 e. The van der Waals surface area contributed by atoms with Gasteiger partial charge in [-0.1, -0.05) is 0 Å². The first-order valence-corrected chi connectivity index (χ1v) is 6.91. The average Bonchev–Trinajstić information content (AvgIpc) is 3.05. The van der Waals surface area contributed by atoms with Crippen LogP contribution in [0.5, 0.6) is 0 Å². The summed E-state index contributed by atoms with van der Waals surface area (Å²) in [5.74, 6) is -0.139. The Hall–Kier alpha value is -1.99. The molecule has 1 amide bonds. The largest absolute Gasteiger partial charge is 0.378 e. The number of carbonyl (C=O) groups is 1. The number of methoxy groups -OCH3 is 1. The number of hydrogen-bond donors (Lipinski definition) is 1. The number of fused-ring (bicyclic) bond motifs is 1. The predicted octanol–water partition coefficient (Wildman–Crippen LogP) is 0.0965. The lowest BCUT2D eigenvalue weighted by molar-refractivity contribution is 0.0765. The highest BCUT2D eigenvalue weighted by Gasteiger charge is 2.32. The number of nitrogens with one attached hydrogen (secondary N) is 1. The van der Waals surface area contributed by atoms with Crippen molar-refractivity contribution in [3.05, 3.63) is 29.7 Å². The van der Waals surface area contributed by atoms with Crippen LogP contribution in [0.2, 0.25) is 0 Å². The van der Waals surface area contributed by atoms with E-state index in [0.29, 0.717) is 5.56 Å². The van der Waals surface area contributed by atoms with Crippen molar-refractivity contribution in [3.63, 3.8) is 0 Å². The third-order valence-electron chi connectivity index (χ3n) is 3.97. The zero-order chi connectivity index (χ0) is 15.0. The number of ether oxygens (including phenoxy) is 1. The van der Waals surface area contributed by atoms with Crippen LogP contribution in [0.1, 0.15) is 16.1 Å². The van der Waals surface area contributed by atoms with E-state index in [-0.39, 0.29) is 18.1 Å². The van der Waals surface area contributed by atoms with E-state index >= 15 is 0 Å². The Labute approximate surface area is 122 Å². The first kappa shape index (κ1) is 14.0. The minimum Gasteiger partial charge on any atom is -0.378 e. The summed E-state index contributed by atoms with van der Waals surface area (Å²) in [7, 11) is 3.69. The van der Waals surface area contributed by atoms with Crippen LogP contribution in [0.25, 0.3) is 5.65 Å². The number of aryl methyl sites for hydroxylation is 1. The maximum atomic E-state index is 12.5. The van der Waals surface area contributed by atoms with E-state index in [2.05, 4.69) is 20.3 Å². The summed E-state index contributed by atoms with van der Waals surface area (Å²) >= 11 is 0. The lowest BCUT2D eigenvalue weighted by Gasteiger charge is -2.19. The van der Waals surface area contributed by atoms with Crippen molar-refractivity contribution in [1.29, 1.82) is 0 Å². The van der Waals surface area contributed by atoms with Gasteiger partial charge in [0.25, 0.3) is 5.91 Å². The van der Waals surface area contributed by atoms with E-state index < -0.39 is 0 Å². The minimum atomic E-state index is -0.139. The molecule has 2 aromatic heterocycles. The molecular weight excluding hydrogens is 270 g/mol. The van der Waals surface area contributed by atoms with E-state index in [4.69, 9.17) is 4.74 Å². The molecule has 0 aromatic carbocycles. The standard InChI is InChI=1S/C14H19N5O2/c1-9-10(6-15-13-4-5-16-19(9)13)14(20)17-11-7-18(2)8-12(11)21-3/h4-6,11-12H,7-8H2,1-3H3,(H,17,20)/t11-,12-/m0/s1. The van der Waals surface area contributed by atoms with Crippen molar-refractivity contribution in [1.82, 2.24) is 24.8 Å². The van der Waals surface area contributed by atoms with E-state index in [1.165, 1.54) is 0 Å². The van der Waals surface area contributed by atoms with Gasteiger partial charge in [0.15, 0.2) is 5.65 Å². The van der Waals surface area contributed by atoms with Gasteiger partial charge in [-0.2, -0.15) is 5.10 Å². The number of carbonyl (C=O) groups excluding carboxylic acids is 1. The summed E-state index contributed by atoms with van der Waals surface area (Å²) < 4.78 is 7.10. The lowest BCUT2D eigenvalue weighted by atomic mass is 10.1. The Kier molecular flexibility index (Phi) is 3.60. The van der Waals surface area contributed by atoms with Gasteiger partial charge >= 0.3 is 0 Å². The molecule has 7 nitrogen and oxygen atoms in total. The molecular formula is C14H19N5O2. The lowest BCUT2D eigenvalue weighted by Crippen LogP contribution is -2.43. The maximum Gasteiger partial charge on any atom is 0.255 e. The molecule has 1 aliphatic heterocycles. The van der Waals surface area contributed by atoms with E-state index in [1.54, 1.807) is 24.0 Å². The van der Waals surface area contributed by atoms with Gasteiger partial charge in [0.2, 0.25) is 0 Å². The van der Waals surface area contributed by atoms with Crippen molar-refractivity contribution in [2.24, 2.45) is 0 Å². The normalized spacial score (nSPS) is 22.8. The SMILES string of the molecule is CO[C@H]1CN(C)C[C@@H]1NC(=O)c1cnc2ccnn2c1C. The molecule has 0 aliphatic carbocycles. The fraction of sp³-hybridized carbons (Fsp3) is 0.500. The topological polar surface area (TPSA) is 71.8 Å². The first-order valence-electron chi connectivity index (χ1n) is 6.91. The summed E-state index contributed by atoms with van der Waals surface area (Å²) in [6.07, 6.45) is 3.28. The molecule has 3 heterocycles. The molecule has 3 rings (SSSR count). The second kappa shape index (κ2) is 5.42. The average molecular weight is 289 g/mol. The molecule has 0 saturated carbocycles. The van der Waals surface area contributed by atoms with Gasteiger partial charge in [-0.05, 0) is 14.0 Å². The molecule has 0 bridgehead atoms. The predicted molar refractivity (Wildman–Crippen MR) is 77.3 cm³/mol. The molecule has 1 N–H and O–H groups in total. The van der Waals surface area contributed by atoms with Crippen molar-refractivity contribution in [2.45, 2.75) is 19.1 Å². The van der Waals surface area contributed by atoms with Gasteiger partial charge in [0.1, 0.15) is 0 Å². The summed E-state index contributed by atoms with van der Waals surface area (Å²) in [5, 5.41) is 7.22. The summed E-state index contributed by atoms with van der Waals surface area (Å²) in [5.41, 5.74) is 2.05. The van der Waals surface area contributed by atoms with Gasteiger partial charge in [0, 0.05) is 32.5 Å². The van der Waals surface area contributed by atoms with Crippen molar-refractivity contribution in [2.75, 3.05) is 27.2 Å². The number of amides is 1. The van der Waals surface area contributed by atoms with E-state index in [0.717, 1.165) is 24.4 Å². The second-order valence-electron chi connectivity index (χ2n) is 5.43. The van der Waals surface area contributed by atoms with Gasteiger partial charge in [-0.15, -0.1) is 0 Å². The fourth-order valence-electron chi connectivity index (χ4n) is 2.80. The molecule has 0 spiro atoms. The maximum absolute atomic E-state index is 12.5. The minimum absolute atomic E-state index is 0.0137. The molecule has 0 radical (unpaired) electrons. The highest BCUT2D eigenvalue weighted by atomic mass is 16.5. The number of aromatic nitrogens is 3. The van der Waals surface area contributed by atoms with Crippen molar-refractivity contribution in [3.8, 4) is 0 Å². The molecule has 1 aliphatic rings. The number of rotatable bonds is 3. The third kappa shape index (κ3) is 2.50. The van der Waals surface area contributed by atoms with Gasteiger partial charge in [0.05, 0.1) is 29.6 Å². The quantitative estimate of drug-likeness (QED) is 0.867. The van der Waals surface area contributed by atoms with Crippen molar-refractivity contribution >= 4 is 11.6 Å². The molecule has 112 valence electrons. The number of nitrogens with zero attached hydrogens (tertiary/aromatic N) is 4.